The lowest BCUT2D eigenvalue weighted by Crippen LogP contribution is -2.36. The van der Waals surface area contributed by atoms with E-state index in [0.29, 0.717) is 12.0 Å². The third-order valence-corrected chi connectivity index (χ3v) is 3.38. The van der Waals surface area contributed by atoms with E-state index in [0.717, 1.165) is 19.1 Å². The molecule has 0 aromatic heterocycles. The van der Waals surface area contributed by atoms with Crippen LogP contribution in [0, 0.1) is 17.6 Å². The van der Waals surface area contributed by atoms with Gasteiger partial charge in [-0.3, -0.25) is 0 Å². The van der Waals surface area contributed by atoms with Gasteiger partial charge in [0.2, 0.25) is 0 Å². The molecule has 3 unspecified atom stereocenters. The molecule has 0 spiro atoms. The van der Waals surface area contributed by atoms with Crippen LogP contribution in [0.5, 0.6) is 0 Å². The predicted molar refractivity (Wildman–Crippen MR) is 61.6 cm³/mol. The second kappa shape index (κ2) is 5.10. The van der Waals surface area contributed by atoms with Gasteiger partial charge in [0.1, 0.15) is 11.6 Å². The van der Waals surface area contributed by atoms with Gasteiger partial charge in [-0.05, 0) is 37.5 Å². The Hall–Kier alpha value is -1.00. The molecule has 3 atom stereocenters. The number of benzene rings is 1. The Morgan fingerprint density at radius 3 is 2.53 bits per heavy atom. The van der Waals surface area contributed by atoms with E-state index < -0.39 is 11.6 Å². The van der Waals surface area contributed by atoms with E-state index in [4.69, 9.17) is 10.5 Å². The van der Waals surface area contributed by atoms with Gasteiger partial charge in [0.15, 0.2) is 0 Å². The maximum Gasteiger partial charge on any atom is 0.126 e. The Morgan fingerprint density at radius 1 is 1.35 bits per heavy atom. The van der Waals surface area contributed by atoms with Crippen LogP contribution in [0.25, 0.3) is 0 Å². The number of halogens is 2. The fourth-order valence-electron chi connectivity index (χ4n) is 2.46. The normalized spacial score (nSPS) is 26.1. The fraction of sp³-hybridized carbons (Fsp3) is 0.538. The highest BCUT2D eigenvalue weighted by Gasteiger charge is 2.29. The maximum absolute atomic E-state index is 13.0. The molecule has 0 aliphatic carbocycles. The van der Waals surface area contributed by atoms with Crippen molar-refractivity contribution in [1.29, 1.82) is 0 Å². The summed E-state index contributed by atoms with van der Waals surface area (Å²) in [7, 11) is 0. The zero-order chi connectivity index (χ0) is 12.4. The summed E-state index contributed by atoms with van der Waals surface area (Å²) < 4.78 is 31.5. The summed E-state index contributed by atoms with van der Waals surface area (Å²) in [5, 5.41) is 0. The molecule has 2 N–H and O–H groups in total. The van der Waals surface area contributed by atoms with E-state index in [2.05, 4.69) is 0 Å². The summed E-state index contributed by atoms with van der Waals surface area (Å²) in [6, 6.07) is 3.43. The first-order valence-corrected chi connectivity index (χ1v) is 5.88. The molecule has 1 aromatic carbocycles. The van der Waals surface area contributed by atoms with E-state index >= 15 is 0 Å². The predicted octanol–water partition coefficient (Wildman–Crippen LogP) is 2.26. The zero-order valence-corrected chi connectivity index (χ0v) is 9.83. The number of hydrogen-bond donors (Lipinski definition) is 1. The van der Waals surface area contributed by atoms with Crippen LogP contribution < -0.4 is 5.73 Å². The van der Waals surface area contributed by atoms with Gasteiger partial charge in [-0.15, -0.1) is 0 Å². The molecule has 1 heterocycles. The smallest absolute Gasteiger partial charge is 0.126 e. The summed E-state index contributed by atoms with van der Waals surface area (Å²) in [4.78, 5) is 0. The lowest BCUT2D eigenvalue weighted by atomic mass is 9.89. The molecule has 1 aliphatic heterocycles. The number of ether oxygens (including phenoxy) is 1. The van der Waals surface area contributed by atoms with Crippen LogP contribution in [-0.2, 0) is 11.2 Å². The summed E-state index contributed by atoms with van der Waals surface area (Å²) in [6.07, 6.45) is 1.52. The van der Waals surface area contributed by atoms with Crippen molar-refractivity contribution in [1.82, 2.24) is 0 Å². The molecule has 2 rings (SSSR count). The topological polar surface area (TPSA) is 35.2 Å². The molecular formula is C13H17F2NO. The minimum atomic E-state index is -0.553. The van der Waals surface area contributed by atoms with E-state index in [-0.39, 0.29) is 18.1 Å². The molecule has 1 saturated heterocycles. The summed E-state index contributed by atoms with van der Waals surface area (Å²) in [5.41, 5.74) is 6.68. The molecule has 0 radical (unpaired) electrons. The van der Waals surface area contributed by atoms with Gasteiger partial charge in [0, 0.05) is 24.6 Å². The molecule has 0 amide bonds. The van der Waals surface area contributed by atoms with Gasteiger partial charge in [0.25, 0.3) is 0 Å². The van der Waals surface area contributed by atoms with E-state index in [1.165, 1.54) is 12.1 Å². The average molecular weight is 241 g/mol. The largest absolute Gasteiger partial charge is 0.378 e. The van der Waals surface area contributed by atoms with Crippen molar-refractivity contribution in [2.45, 2.75) is 31.9 Å². The lowest BCUT2D eigenvalue weighted by molar-refractivity contribution is 0.0995. The number of rotatable bonds is 3. The van der Waals surface area contributed by atoms with Crippen molar-refractivity contribution in [2.75, 3.05) is 6.61 Å². The number of hydrogen-bond acceptors (Lipinski definition) is 2. The summed E-state index contributed by atoms with van der Waals surface area (Å²) >= 11 is 0. The fourth-order valence-corrected chi connectivity index (χ4v) is 2.46. The van der Waals surface area contributed by atoms with Gasteiger partial charge in [-0.25, -0.2) is 8.78 Å². The molecule has 0 saturated carbocycles. The number of nitrogens with two attached hydrogens (primary N) is 1. The van der Waals surface area contributed by atoms with E-state index in [1.54, 1.807) is 0 Å². The third kappa shape index (κ3) is 3.01. The average Bonchev–Trinajstić information content (AvgIpc) is 2.62. The monoisotopic (exact) mass is 241 g/mol. The van der Waals surface area contributed by atoms with Crippen molar-refractivity contribution in [2.24, 2.45) is 11.7 Å². The standard InChI is InChI=1S/C13H17F2NO/c1-8-12(2-3-17-8)13(16)6-9-4-10(14)7-11(15)5-9/h4-5,7-8,12-13H,2-3,6,16H2,1H3. The highest BCUT2D eigenvalue weighted by Crippen LogP contribution is 2.25. The summed E-state index contributed by atoms with van der Waals surface area (Å²) in [5.74, 6) is -0.841. The van der Waals surface area contributed by atoms with Crippen LogP contribution in [0.2, 0.25) is 0 Å². The SMILES string of the molecule is CC1OCCC1C(N)Cc1cc(F)cc(F)c1. The Kier molecular flexibility index (Phi) is 3.74. The van der Waals surface area contributed by atoms with Crippen LogP contribution in [0.3, 0.4) is 0 Å². The highest BCUT2D eigenvalue weighted by atomic mass is 19.1. The maximum atomic E-state index is 13.0. The molecule has 0 bridgehead atoms. The Bertz CT molecular complexity index is 377. The lowest BCUT2D eigenvalue weighted by Gasteiger charge is -2.22. The molecule has 17 heavy (non-hydrogen) atoms. The van der Waals surface area contributed by atoms with Gasteiger partial charge in [0.05, 0.1) is 6.10 Å². The second-order valence-electron chi connectivity index (χ2n) is 4.67. The van der Waals surface area contributed by atoms with Gasteiger partial charge in [-0.2, -0.15) is 0 Å². The van der Waals surface area contributed by atoms with Crippen molar-refractivity contribution < 1.29 is 13.5 Å². The van der Waals surface area contributed by atoms with Crippen molar-refractivity contribution >= 4 is 0 Å². The first kappa shape index (κ1) is 12.5. The first-order valence-electron chi connectivity index (χ1n) is 5.88. The quantitative estimate of drug-likeness (QED) is 0.881. The van der Waals surface area contributed by atoms with Crippen LogP contribution in [-0.4, -0.2) is 18.8 Å². The van der Waals surface area contributed by atoms with E-state index in [1.807, 2.05) is 6.92 Å². The Morgan fingerprint density at radius 2 is 2.00 bits per heavy atom. The Balaban J connectivity index is 2.04. The Labute approximate surface area is 99.8 Å². The highest BCUT2D eigenvalue weighted by molar-refractivity contribution is 5.19. The summed E-state index contributed by atoms with van der Waals surface area (Å²) in [6.45, 7) is 2.71. The van der Waals surface area contributed by atoms with Crippen molar-refractivity contribution in [3.63, 3.8) is 0 Å². The van der Waals surface area contributed by atoms with Crippen LogP contribution in [0.4, 0.5) is 8.78 Å². The van der Waals surface area contributed by atoms with Crippen LogP contribution in [0.15, 0.2) is 18.2 Å². The zero-order valence-electron chi connectivity index (χ0n) is 9.83. The molecule has 1 aromatic rings. The van der Waals surface area contributed by atoms with Crippen molar-refractivity contribution in [3.05, 3.63) is 35.4 Å². The molecule has 1 fully saturated rings. The van der Waals surface area contributed by atoms with Gasteiger partial charge in [-0.1, -0.05) is 0 Å². The first-order chi connectivity index (χ1) is 8.06. The third-order valence-electron chi connectivity index (χ3n) is 3.38. The minimum absolute atomic E-state index is 0.117. The molecule has 4 heteroatoms. The van der Waals surface area contributed by atoms with Crippen LogP contribution in [0.1, 0.15) is 18.9 Å². The van der Waals surface area contributed by atoms with Crippen LogP contribution >= 0.6 is 0 Å². The van der Waals surface area contributed by atoms with Gasteiger partial charge < -0.3 is 10.5 Å². The molecule has 94 valence electrons. The van der Waals surface area contributed by atoms with Crippen molar-refractivity contribution in [3.8, 4) is 0 Å². The molecular weight excluding hydrogens is 224 g/mol. The minimum Gasteiger partial charge on any atom is -0.378 e. The van der Waals surface area contributed by atoms with E-state index in [9.17, 15) is 8.78 Å². The second-order valence-corrected chi connectivity index (χ2v) is 4.67. The molecule has 1 aliphatic rings. The van der Waals surface area contributed by atoms with Gasteiger partial charge >= 0.3 is 0 Å². The molecule has 2 nitrogen and oxygen atoms in total.